The van der Waals surface area contributed by atoms with E-state index in [0.717, 1.165) is 0 Å². The second-order valence-corrected chi connectivity index (χ2v) is 4.25. The predicted octanol–water partition coefficient (Wildman–Crippen LogP) is 1.86. The van der Waals surface area contributed by atoms with E-state index in [1.54, 1.807) is 0 Å². The zero-order valence-electron chi connectivity index (χ0n) is 9.21. The number of ether oxygens (including phenoxy) is 1. The zero-order chi connectivity index (χ0) is 10.4. The van der Waals surface area contributed by atoms with Gasteiger partial charge in [0.1, 0.15) is 0 Å². The summed E-state index contributed by atoms with van der Waals surface area (Å²) in [6.45, 7) is 4.11. The molecule has 1 aliphatic carbocycles. The molecule has 1 N–H and O–H groups in total. The van der Waals surface area contributed by atoms with Gasteiger partial charge in [0.25, 0.3) is 0 Å². The van der Waals surface area contributed by atoms with Gasteiger partial charge in [-0.3, -0.25) is 4.79 Å². The van der Waals surface area contributed by atoms with Crippen LogP contribution in [0.1, 0.15) is 46.0 Å². The standard InChI is InChI=1S/C11H21NO2/c1-9(2)14-11(13)8-12-10-6-4-3-5-7-10/h9-10,12H,3-8H2,1-2H3. The van der Waals surface area contributed by atoms with E-state index in [1.165, 1.54) is 32.1 Å². The number of hydrogen-bond acceptors (Lipinski definition) is 3. The van der Waals surface area contributed by atoms with Gasteiger partial charge >= 0.3 is 5.97 Å². The van der Waals surface area contributed by atoms with E-state index in [0.29, 0.717) is 12.6 Å². The molecule has 0 saturated heterocycles. The summed E-state index contributed by atoms with van der Waals surface area (Å²) in [5, 5.41) is 3.25. The molecule has 0 heterocycles. The summed E-state index contributed by atoms with van der Waals surface area (Å²) in [5.41, 5.74) is 0. The first-order valence-corrected chi connectivity index (χ1v) is 5.61. The Kier molecular flexibility index (Phi) is 4.94. The van der Waals surface area contributed by atoms with Crippen LogP contribution in [0.5, 0.6) is 0 Å². The maximum Gasteiger partial charge on any atom is 0.320 e. The van der Waals surface area contributed by atoms with E-state index in [-0.39, 0.29) is 12.1 Å². The third kappa shape index (κ3) is 4.61. The van der Waals surface area contributed by atoms with Gasteiger partial charge in [-0.25, -0.2) is 0 Å². The van der Waals surface area contributed by atoms with Crippen molar-refractivity contribution >= 4 is 5.97 Å². The van der Waals surface area contributed by atoms with Crippen LogP contribution in [0.15, 0.2) is 0 Å². The van der Waals surface area contributed by atoms with Gasteiger partial charge in [0.05, 0.1) is 12.6 Å². The Hall–Kier alpha value is -0.570. The minimum atomic E-state index is -0.134. The fraction of sp³-hybridized carbons (Fsp3) is 0.909. The molecule has 0 aromatic heterocycles. The van der Waals surface area contributed by atoms with E-state index in [4.69, 9.17) is 4.74 Å². The van der Waals surface area contributed by atoms with Gasteiger partial charge in [0, 0.05) is 6.04 Å². The number of hydrogen-bond donors (Lipinski definition) is 1. The molecule has 3 nitrogen and oxygen atoms in total. The SMILES string of the molecule is CC(C)OC(=O)CNC1CCCCC1. The van der Waals surface area contributed by atoms with Gasteiger partial charge in [0.15, 0.2) is 0 Å². The Morgan fingerprint density at radius 3 is 2.57 bits per heavy atom. The molecule has 0 unspecified atom stereocenters. The van der Waals surface area contributed by atoms with Gasteiger partial charge in [-0.05, 0) is 26.7 Å². The van der Waals surface area contributed by atoms with Crippen LogP contribution in [-0.4, -0.2) is 24.7 Å². The Balaban J connectivity index is 2.09. The lowest BCUT2D eigenvalue weighted by Crippen LogP contribution is -2.36. The highest BCUT2D eigenvalue weighted by atomic mass is 16.5. The van der Waals surface area contributed by atoms with Crippen LogP contribution in [0.4, 0.5) is 0 Å². The molecule has 1 saturated carbocycles. The molecular formula is C11H21NO2. The van der Waals surface area contributed by atoms with Crippen molar-refractivity contribution < 1.29 is 9.53 Å². The smallest absolute Gasteiger partial charge is 0.320 e. The molecule has 0 bridgehead atoms. The molecule has 0 aromatic rings. The summed E-state index contributed by atoms with van der Waals surface area (Å²) in [6.07, 6.45) is 6.32. The summed E-state index contributed by atoms with van der Waals surface area (Å²) in [5.74, 6) is -0.134. The lowest BCUT2D eigenvalue weighted by molar-refractivity contribution is -0.146. The summed E-state index contributed by atoms with van der Waals surface area (Å²) in [7, 11) is 0. The second kappa shape index (κ2) is 6.02. The van der Waals surface area contributed by atoms with Crippen molar-refractivity contribution in [1.82, 2.24) is 5.32 Å². The minimum absolute atomic E-state index is 0.00402. The van der Waals surface area contributed by atoms with Crippen molar-refractivity contribution in [1.29, 1.82) is 0 Å². The van der Waals surface area contributed by atoms with Crippen molar-refractivity contribution in [2.75, 3.05) is 6.54 Å². The maximum atomic E-state index is 11.2. The molecule has 82 valence electrons. The largest absolute Gasteiger partial charge is 0.462 e. The van der Waals surface area contributed by atoms with Gasteiger partial charge in [-0.15, -0.1) is 0 Å². The summed E-state index contributed by atoms with van der Waals surface area (Å²) in [6, 6.07) is 0.531. The molecule has 0 atom stereocenters. The monoisotopic (exact) mass is 199 g/mol. The Labute approximate surface area is 86.2 Å². The first kappa shape index (κ1) is 11.5. The van der Waals surface area contributed by atoms with Gasteiger partial charge in [-0.1, -0.05) is 19.3 Å². The van der Waals surface area contributed by atoms with Crippen LogP contribution in [0.2, 0.25) is 0 Å². The van der Waals surface area contributed by atoms with Crippen LogP contribution in [0.3, 0.4) is 0 Å². The molecule has 1 rings (SSSR count). The van der Waals surface area contributed by atoms with Gasteiger partial charge < -0.3 is 10.1 Å². The first-order chi connectivity index (χ1) is 6.68. The maximum absolute atomic E-state index is 11.2. The average Bonchev–Trinajstić information content (AvgIpc) is 2.15. The average molecular weight is 199 g/mol. The summed E-state index contributed by atoms with van der Waals surface area (Å²) >= 11 is 0. The molecule has 0 amide bonds. The highest BCUT2D eigenvalue weighted by Gasteiger charge is 2.14. The Morgan fingerprint density at radius 2 is 2.00 bits per heavy atom. The third-order valence-corrected chi connectivity index (χ3v) is 2.51. The van der Waals surface area contributed by atoms with Crippen LogP contribution in [-0.2, 0) is 9.53 Å². The highest BCUT2D eigenvalue weighted by Crippen LogP contribution is 2.16. The lowest BCUT2D eigenvalue weighted by atomic mass is 9.95. The lowest BCUT2D eigenvalue weighted by Gasteiger charge is -2.22. The molecular weight excluding hydrogens is 178 g/mol. The molecule has 14 heavy (non-hydrogen) atoms. The second-order valence-electron chi connectivity index (χ2n) is 4.25. The molecule has 0 aliphatic heterocycles. The molecule has 0 spiro atoms. The van der Waals surface area contributed by atoms with Crippen molar-refractivity contribution in [3.63, 3.8) is 0 Å². The minimum Gasteiger partial charge on any atom is -0.462 e. The number of esters is 1. The summed E-state index contributed by atoms with van der Waals surface area (Å²) in [4.78, 5) is 11.2. The number of nitrogens with one attached hydrogen (secondary N) is 1. The molecule has 0 radical (unpaired) electrons. The van der Waals surface area contributed by atoms with Crippen LogP contribution in [0.25, 0.3) is 0 Å². The zero-order valence-corrected chi connectivity index (χ0v) is 9.21. The molecule has 1 aliphatic rings. The number of rotatable bonds is 4. The van der Waals surface area contributed by atoms with E-state index in [9.17, 15) is 4.79 Å². The van der Waals surface area contributed by atoms with Crippen LogP contribution < -0.4 is 5.32 Å². The quantitative estimate of drug-likeness (QED) is 0.702. The van der Waals surface area contributed by atoms with Crippen molar-refractivity contribution in [3.8, 4) is 0 Å². The molecule has 3 heteroatoms. The fourth-order valence-corrected chi connectivity index (χ4v) is 1.84. The van der Waals surface area contributed by atoms with Crippen molar-refractivity contribution in [2.24, 2.45) is 0 Å². The number of carbonyl (C=O) groups is 1. The van der Waals surface area contributed by atoms with Crippen molar-refractivity contribution in [2.45, 2.75) is 58.1 Å². The van der Waals surface area contributed by atoms with Crippen molar-refractivity contribution in [3.05, 3.63) is 0 Å². The predicted molar refractivity (Wildman–Crippen MR) is 56.1 cm³/mol. The fourth-order valence-electron chi connectivity index (χ4n) is 1.84. The topological polar surface area (TPSA) is 38.3 Å². The molecule has 0 aromatic carbocycles. The Bertz CT molecular complexity index is 174. The third-order valence-electron chi connectivity index (χ3n) is 2.51. The molecule has 1 fully saturated rings. The van der Waals surface area contributed by atoms with E-state index in [2.05, 4.69) is 5.32 Å². The van der Waals surface area contributed by atoms with Gasteiger partial charge in [-0.2, -0.15) is 0 Å². The van der Waals surface area contributed by atoms with E-state index >= 15 is 0 Å². The van der Waals surface area contributed by atoms with Crippen LogP contribution >= 0.6 is 0 Å². The van der Waals surface area contributed by atoms with E-state index in [1.807, 2.05) is 13.8 Å². The Morgan fingerprint density at radius 1 is 1.36 bits per heavy atom. The number of carbonyl (C=O) groups excluding carboxylic acids is 1. The van der Waals surface area contributed by atoms with E-state index < -0.39 is 0 Å². The van der Waals surface area contributed by atoms with Gasteiger partial charge in [0.2, 0.25) is 0 Å². The first-order valence-electron chi connectivity index (χ1n) is 5.61. The highest BCUT2D eigenvalue weighted by molar-refractivity contribution is 5.71. The normalized spacial score (nSPS) is 18.5. The van der Waals surface area contributed by atoms with Crippen LogP contribution in [0, 0.1) is 0 Å². The summed E-state index contributed by atoms with van der Waals surface area (Å²) < 4.78 is 5.04.